The first-order chi connectivity index (χ1) is 9.01. The standard InChI is InChI=1S/C13H19O5P/c1-4-17-19(15,18-5-2)13-8-6-12(7-9-13)10-16-11(3)14/h6-9H,4-5,10H2,1-3H3. The predicted molar refractivity (Wildman–Crippen MR) is 72.4 cm³/mol. The van der Waals surface area contributed by atoms with Crippen LogP contribution < -0.4 is 5.30 Å². The van der Waals surface area contributed by atoms with E-state index in [-0.39, 0.29) is 12.6 Å². The fourth-order valence-corrected chi connectivity index (χ4v) is 3.05. The first-order valence-electron chi connectivity index (χ1n) is 6.13. The van der Waals surface area contributed by atoms with Crippen LogP contribution in [0.3, 0.4) is 0 Å². The molecule has 0 N–H and O–H groups in total. The van der Waals surface area contributed by atoms with Crippen LogP contribution in [0.15, 0.2) is 24.3 Å². The van der Waals surface area contributed by atoms with Gasteiger partial charge in [0.15, 0.2) is 0 Å². The van der Waals surface area contributed by atoms with Gasteiger partial charge in [0.2, 0.25) is 0 Å². The Hall–Kier alpha value is -1.16. The summed E-state index contributed by atoms with van der Waals surface area (Å²) in [5.41, 5.74) is 0.818. The van der Waals surface area contributed by atoms with Crippen molar-refractivity contribution in [2.45, 2.75) is 27.4 Å². The van der Waals surface area contributed by atoms with Crippen molar-refractivity contribution >= 4 is 18.9 Å². The quantitative estimate of drug-likeness (QED) is 0.569. The topological polar surface area (TPSA) is 61.8 Å². The molecule has 1 aromatic rings. The van der Waals surface area contributed by atoms with Gasteiger partial charge < -0.3 is 13.8 Å². The fourth-order valence-electron chi connectivity index (χ4n) is 1.49. The number of carbonyl (C=O) groups excluding carboxylic acids is 1. The van der Waals surface area contributed by atoms with Crippen molar-refractivity contribution in [1.82, 2.24) is 0 Å². The summed E-state index contributed by atoms with van der Waals surface area (Å²) in [6.07, 6.45) is 0. The second kappa shape index (κ2) is 7.43. The normalized spacial score (nSPS) is 11.3. The average molecular weight is 286 g/mol. The molecule has 0 amide bonds. The Morgan fingerprint density at radius 2 is 1.63 bits per heavy atom. The van der Waals surface area contributed by atoms with Gasteiger partial charge >= 0.3 is 13.6 Å². The molecule has 0 saturated carbocycles. The number of hydrogen-bond acceptors (Lipinski definition) is 5. The van der Waals surface area contributed by atoms with Gasteiger partial charge in [-0.1, -0.05) is 12.1 Å². The summed E-state index contributed by atoms with van der Waals surface area (Å²) in [5.74, 6) is -0.335. The van der Waals surface area contributed by atoms with Crippen molar-refractivity contribution < 1.29 is 23.1 Å². The number of hydrogen-bond donors (Lipinski definition) is 0. The van der Waals surface area contributed by atoms with Gasteiger partial charge in [-0.25, -0.2) is 0 Å². The zero-order chi connectivity index (χ0) is 14.3. The van der Waals surface area contributed by atoms with E-state index in [1.54, 1.807) is 38.1 Å². The van der Waals surface area contributed by atoms with Crippen LogP contribution in [0.25, 0.3) is 0 Å². The highest BCUT2D eigenvalue weighted by Crippen LogP contribution is 2.46. The highest BCUT2D eigenvalue weighted by molar-refractivity contribution is 7.62. The molecule has 106 valence electrons. The number of benzene rings is 1. The maximum absolute atomic E-state index is 12.5. The van der Waals surface area contributed by atoms with E-state index in [4.69, 9.17) is 13.8 Å². The average Bonchev–Trinajstić information content (AvgIpc) is 2.37. The molecule has 0 spiro atoms. The van der Waals surface area contributed by atoms with Gasteiger partial charge in [-0.05, 0) is 31.5 Å². The summed E-state index contributed by atoms with van der Waals surface area (Å²) < 4.78 is 27.8. The van der Waals surface area contributed by atoms with Gasteiger partial charge in [0, 0.05) is 6.92 Å². The number of rotatable bonds is 7. The first kappa shape index (κ1) is 15.9. The Morgan fingerprint density at radius 1 is 1.11 bits per heavy atom. The van der Waals surface area contributed by atoms with Crippen LogP contribution in [0.2, 0.25) is 0 Å². The summed E-state index contributed by atoms with van der Waals surface area (Å²) in [6, 6.07) is 6.82. The molecule has 0 saturated heterocycles. The molecule has 19 heavy (non-hydrogen) atoms. The van der Waals surface area contributed by atoms with Gasteiger partial charge in [-0.3, -0.25) is 9.36 Å². The minimum atomic E-state index is -3.24. The van der Waals surface area contributed by atoms with E-state index in [2.05, 4.69) is 0 Å². The second-order valence-corrected chi connectivity index (χ2v) is 5.81. The molecule has 6 heteroatoms. The Kier molecular flexibility index (Phi) is 6.22. The maximum atomic E-state index is 12.5. The third-order valence-corrected chi connectivity index (χ3v) is 4.42. The molecule has 0 bridgehead atoms. The van der Waals surface area contributed by atoms with Gasteiger partial charge in [-0.2, -0.15) is 0 Å². The van der Waals surface area contributed by atoms with E-state index in [0.29, 0.717) is 18.5 Å². The van der Waals surface area contributed by atoms with Gasteiger partial charge in [0.1, 0.15) is 6.61 Å². The fraction of sp³-hybridized carbons (Fsp3) is 0.462. The lowest BCUT2D eigenvalue weighted by atomic mass is 10.2. The Bertz CT molecular complexity index is 445. The van der Waals surface area contributed by atoms with E-state index in [1.807, 2.05) is 0 Å². The highest BCUT2D eigenvalue weighted by atomic mass is 31.2. The lowest BCUT2D eigenvalue weighted by Crippen LogP contribution is -2.11. The van der Waals surface area contributed by atoms with Crippen LogP contribution >= 0.6 is 7.60 Å². The molecule has 0 aliphatic rings. The summed E-state index contributed by atoms with van der Waals surface area (Å²) in [5, 5.41) is 0.503. The van der Waals surface area contributed by atoms with Crippen LogP contribution in [-0.4, -0.2) is 19.2 Å². The van der Waals surface area contributed by atoms with Crippen molar-refractivity contribution in [3.8, 4) is 0 Å². The minimum Gasteiger partial charge on any atom is -0.461 e. The molecule has 0 heterocycles. The third kappa shape index (κ3) is 4.78. The van der Waals surface area contributed by atoms with Crippen molar-refractivity contribution in [3.63, 3.8) is 0 Å². The molecule has 0 aliphatic heterocycles. The lowest BCUT2D eigenvalue weighted by molar-refractivity contribution is -0.142. The molecule has 0 aromatic heterocycles. The van der Waals surface area contributed by atoms with E-state index >= 15 is 0 Å². The molecular weight excluding hydrogens is 267 g/mol. The van der Waals surface area contributed by atoms with Gasteiger partial charge in [0.25, 0.3) is 0 Å². The third-order valence-electron chi connectivity index (χ3n) is 2.29. The van der Waals surface area contributed by atoms with E-state index in [0.717, 1.165) is 5.56 Å². The molecule has 0 unspecified atom stereocenters. The second-order valence-electron chi connectivity index (χ2n) is 3.78. The Balaban J connectivity index is 2.83. The summed E-state index contributed by atoms with van der Waals surface area (Å²) in [6.45, 7) is 5.70. The van der Waals surface area contributed by atoms with E-state index in [1.165, 1.54) is 6.92 Å². The number of ether oxygens (including phenoxy) is 1. The summed E-state index contributed by atoms with van der Waals surface area (Å²) >= 11 is 0. The zero-order valence-electron chi connectivity index (χ0n) is 11.4. The monoisotopic (exact) mass is 286 g/mol. The maximum Gasteiger partial charge on any atom is 0.361 e. The molecule has 1 rings (SSSR count). The molecule has 0 radical (unpaired) electrons. The number of carbonyl (C=O) groups is 1. The van der Waals surface area contributed by atoms with Crippen molar-refractivity contribution in [3.05, 3.63) is 29.8 Å². The molecular formula is C13H19O5P. The first-order valence-corrected chi connectivity index (χ1v) is 7.68. The molecule has 0 aliphatic carbocycles. The molecule has 0 fully saturated rings. The Labute approximate surface area is 113 Å². The summed E-state index contributed by atoms with van der Waals surface area (Å²) in [4.78, 5) is 10.7. The van der Waals surface area contributed by atoms with Crippen LogP contribution in [0.5, 0.6) is 0 Å². The lowest BCUT2D eigenvalue weighted by Gasteiger charge is -2.17. The number of esters is 1. The van der Waals surface area contributed by atoms with Gasteiger partial charge in [0.05, 0.1) is 18.5 Å². The van der Waals surface area contributed by atoms with Crippen LogP contribution in [0.1, 0.15) is 26.3 Å². The Morgan fingerprint density at radius 3 is 2.05 bits per heavy atom. The highest BCUT2D eigenvalue weighted by Gasteiger charge is 2.26. The van der Waals surface area contributed by atoms with E-state index in [9.17, 15) is 9.36 Å². The molecule has 5 nitrogen and oxygen atoms in total. The van der Waals surface area contributed by atoms with Crippen LogP contribution in [0.4, 0.5) is 0 Å². The minimum absolute atomic E-state index is 0.198. The SMILES string of the molecule is CCOP(=O)(OCC)c1ccc(COC(C)=O)cc1. The smallest absolute Gasteiger partial charge is 0.361 e. The zero-order valence-corrected chi connectivity index (χ0v) is 12.3. The van der Waals surface area contributed by atoms with Crippen molar-refractivity contribution in [1.29, 1.82) is 0 Å². The van der Waals surface area contributed by atoms with Crippen LogP contribution in [0, 0.1) is 0 Å². The van der Waals surface area contributed by atoms with Crippen LogP contribution in [-0.2, 0) is 29.8 Å². The predicted octanol–water partition coefficient (Wildman–Crippen LogP) is 2.64. The molecule has 1 aromatic carbocycles. The van der Waals surface area contributed by atoms with Crippen molar-refractivity contribution in [2.24, 2.45) is 0 Å². The van der Waals surface area contributed by atoms with Gasteiger partial charge in [-0.15, -0.1) is 0 Å². The van der Waals surface area contributed by atoms with E-state index < -0.39 is 7.60 Å². The van der Waals surface area contributed by atoms with Crippen molar-refractivity contribution in [2.75, 3.05) is 13.2 Å². The summed E-state index contributed by atoms with van der Waals surface area (Å²) in [7, 11) is -3.24. The largest absolute Gasteiger partial charge is 0.461 e. The molecule has 0 atom stereocenters.